The van der Waals surface area contributed by atoms with Crippen LogP contribution >= 0.6 is 0 Å². The molecule has 0 bridgehead atoms. The Balaban J connectivity index is 1.28. The van der Waals surface area contributed by atoms with E-state index in [0.717, 1.165) is 31.4 Å². The molecule has 3 amide bonds. The molecule has 1 unspecified atom stereocenters. The third kappa shape index (κ3) is 5.18. The van der Waals surface area contributed by atoms with Crippen molar-refractivity contribution in [3.63, 3.8) is 0 Å². The topological polar surface area (TPSA) is 110 Å². The predicted octanol–water partition coefficient (Wildman–Crippen LogP) is 2.35. The van der Waals surface area contributed by atoms with Crippen LogP contribution in [0.3, 0.4) is 0 Å². The molecule has 170 valence electrons. The first-order valence-electron chi connectivity index (χ1n) is 11.4. The van der Waals surface area contributed by atoms with E-state index in [9.17, 15) is 14.4 Å². The molecule has 0 saturated carbocycles. The number of piperidine rings is 2. The van der Waals surface area contributed by atoms with Crippen molar-refractivity contribution in [2.75, 3.05) is 26.2 Å². The predicted molar refractivity (Wildman–Crippen MR) is 118 cm³/mol. The number of carbonyl (C=O) groups excluding carboxylic acids is 3. The summed E-state index contributed by atoms with van der Waals surface area (Å²) in [7, 11) is 0. The lowest BCUT2D eigenvalue weighted by molar-refractivity contribution is -0.132. The Morgan fingerprint density at radius 1 is 1.03 bits per heavy atom. The number of benzene rings is 1. The molecule has 32 heavy (non-hydrogen) atoms. The first kappa shape index (κ1) is 22.0. The number of aromatic nitrogens is 1. The lowest BCUT2D eigenvalue weighted by Gasteiger charge is -2.31. The van der Waals surface area contributed by atoms with Gasteiger partial charge in [-0.1, -0.05) is 35.5 Å². The third-order valence-electron chi connectivity index (χ3n) is 6.59. The van der Waals surface area contributed by atoms with Crippen molar-refractivity contribution in [1.29, 1.82) is 0 Å². The number of hydrogen-bond donors (Lipinski definition) is 1. The van der Waals surface area contributed by atoms with E-state index >= 15 is 0 Å². The van der Waals surface area contributed by atoms with Crippen LogP contribution in [0.1, 0.15) is 59.8 Å². The quantitative estimate of drug-likeness (QED) is 0.744. The molecule has 2 fully saturated rings. The molecule has 0 spiro atoms. The minimum absolute atomic E-state index is 0.165. The molecule has 4 rings (SSSR count). The highest BCUT2D eigenvalue weighted by Gasteiger charge is 2.31. The molecule has 1 atom stereocenters. The average molecular weight is 439 g/mol. The molecule has 0 radical (unpaired) electrons. The summed E-state index contributed by atoms with van der Waals surface area (Å²) in [5.74, 6) is -0.380. The van der Waals surface area contributed by atoms with Crippen molar-refractivity contribution in [1.82, 2.24) is 15.0 Å². The molecule has 0 aliphatic carbocycles. The number of hydrogen-bond acceptors (Lipinski definition) is 5. The van der Waals surface area contributed by atoms with Crippen molar-refractivity contribution >= 4 is 17.7 Å². The molecule has 2 aliphatic rings. The summed E-state index contributed by atoms with van der Waals surface area (Å²) < 4.78 is 5.35. The van der Waals surface area contributed by atoms with Crippen molar-refractivity contribution in [2.45, 2.75) is 44.4 Å². The maximum atomic E-state index is 12.8. The number of nitrogens with zero attached hydrogens (tertiary/aromatic N) is 3. The number of likely N-dealkylation sites (tertiary alicyclic amines) is 2. The Labute approximate surface area is 187 Å². The SMILES string of the molecule is NC(=O)C1CCCN(C(=O)c2cc(C3CCN(C(=O)CCc4ccccc4)CC3)no2)C1. The normalized spacial score (nSPS) is 19.7. The number of amides is 3. The Hall–Kier alpha value is -3.16. The summed E-state index contributed by atoms with van der Waals surface area (Å²) >= 11 is 0. The Morgan fingerprint density at radius 2 is 1.78 bits per heavy atom. The van der Waals surface area contributed by atoms with Crippen LogP contribution in [0.5, 0.6) is 0 Å². The van der Waals surface area contributed by atoms with Gasteiger partial charge in [-0.3, -0.25) is 14.4 Å². The summed E-state index contributed by atoms with van der Waals surface area (Å²) in [5.41, 5.74) is 7.34. The zero-order chi connectivity index (χ0) is 22.5. The van der Waals surface area contributed by atoms with Gasteiger partial charge in [0.05, 0.1) is 11.6 Å². The van der Waals surface area contributed by atoms with E-state index < -0.39 is 0 Å². The molecule has 2 aromatic rings. The summed E-state index contributed by atoms with van der Waals surface area (Å²) in [6.45, 7) is 2.28. The van der Waals surface area contributed by atoms with Crippen molar-refractivity contribution < 1.29 is 18.9 Å². The first-order valence-corrected chi connectivity index (χ1v) is 11.4. The van der Waals surface area contributed by atoms with Gasteiger partial charge in [-0.05, 0) is 37.7 Å². The van der Waals surface area contributed by atoms with E-state index in [1.54, 1.807) is 11.0 Å². The van der Waals surface area contributed by atoms with E-state index in [1.807, 2.05) is 35.2 Å². The maximum Gasteiger partial charge on any atom is 0.292 e. The fourth-order valence-electron chi connectivity index (χ4n) is 4.61. The molecule has 1 aromatic heterocycles. The number of rotatable bonds is 6. The van der Waals surface area contributed by atoms with Crippen LogP contribution in [0.4, 0.5) is 0 Å². The van der Waals surface area contributed by atoms with Gasteiger partial charge in [0, 0.05) is 44.6 Å². The van der Waals surface area contributed by atoms with Gasteiger partial charge < -0.3 is 20.1 Å². The Morgan fingerprint density at radius 3 is 2.50 bits per heavy atom. The lowest BCUT2D eigenvalue weighted by Crippen LogP contribution is -2.44. The maximum absolute atomic E-state index is 12.8. The van der Waals surface area contributed by atoms with Gasteiger partial charge >= 0.3 is 0 Å². The molecule has 8 heteroatoms. The van der Waals surface area contributed by atoms with Gasteiger partial charge in [-0.15, -0.1) is 0 Å². The standard InChI is InChI=1S/C24H30N4O4/c25-23(30)19-7-4-12-28(16-19)24(31)21-15-20(26-32-21)18-10-13-27(14-11-18)22(29)9-8-17-5-2-1-3-6-17/h1-3,5-6,15,18-19H,4,7-14,16H2,(H2,25,30). The zero-order valence-electron chi connectivity index (χ0n) is 18.2. The van der Waals surface area contributed by atoms with E-state index in [0.29, 0.717) is 39.0 Å². The van der Waals surface area contributed by atoms with Crippen molar-refractivity contribution in [2.24, 2.45) is 11.7 Å². The van der Waals surface area contributed by atoms with E-state index in [4.69, 9.17) is 10.3 Å². The van der Waals surface area contributed by atoms with Gasteiger partial charge in [-0.2, -0.15) is 0 Å². The number of carbonyl (C=O) groups is 3. The average Bonchev–Trinajstić information content (AvgIpc) is 3.33. The van der Waals surface area contributed by atoms with E-state index in [2.05, 4.69) is 5.16 Å². The van der Waals surface area contributed by atoms with E-state index in [1.165, 1.54) is 5.56 Å². The highest BCUT2D eigenvalue weighted by Crippen LogP contribution is 2.29. The molecule has 3 heterocycles. The van der Waals surface area contributed by atoms with Gasteiger partial charge in [-0.25, -0.2) is 0 Å². The summed E-state index contributed by atoms with van der Waals surface area (Å²) in [5, 5.41) is 4.14. The van der Waals surface area contributed by atoms with Crippen LogP contribution in [0, 0.1) is 5.92 Å². The first-order chi connectivity index (χ1) is 15.5. The van der Waals surface area contributed by atoms with Crippen LogP contribution in [-0.4, -0.2) is 58.9 Å². The van der Waals surface area contributed by atoms with Crippen molar-refractivity contribution in [3.8, 4) is 0 Å². The van der Waals surface area contributed by atoms with Gasteiger partial charge in [0.1, 0.15) is 0 Å². The minimum Gasteiger partial charge on any atom is -0.369 e. The fraction of sp³-hybridized carbons (Fsp3) is 0.500. The summed E-state index contributed by atoms with van der Waals surface area (Å²) in [6.07, 6.45) is 4.32. The van der Waals surface area contributed by atoms with Crippen LogP contribution in [0.25, 0.3) is 0 Å². The molecular formula is C24H30N4O4. The summed E-state index contributed by atoms with van der Waals surface area (Å²) in [6, 6.07) is 11.8. The molecular weight excluding hydrogens is 408 g/mol. The Bertz CT molecular complexity index is 950. The second-order valence-corrected chi connectivity index (χ2v) is 8.75. The zero-order valence-corrected chi connectivity index (χ0v) is 18.2. The van der Waals surface area contributed by atoms with Crippen LogP contribution in [0.2, 0.25) is 0 Å². The van der Waals surface area contributed by atoms with Gasteiger partial charge in [0.25, 0.3) is 5.91 Å². The molecule has 2 saturated heterocycles. The minimum atomic E-state index is -0.370. The van der Waals surface area contributed by atoms with E-state index in [-0.39, 0.29) is 35.3 Å². The van der Waals surface area contributed by atoms with Crippen LogP contribution in [-0.2, 0) is 16.0 Å². The molecule has 2 aliphatic heterocycles. The highest BCUT2D eigenvalue weighted by atomic mass is 16.5. The third-order valence-corrected chi connectivity index (χ3v) is 6.59. The van der Waals surface area contributed by atoms with Crippen LogP contribution in [0.15, 0.2) is 40.9 Å². The van der Waals surface area contributed by atoms with Gasteiger partial charge in [0.15, 0.2) is 0 Å². The fourth-order valence-corrected chi connectivity index (χ4v) is 4.61. The molecule has 2 N–H and O–H groups in total. The second-order valence-electron chi connectivity index (χ2n) is 8.75. The Kier molecular flexibility index (Phi) is 6.87. The second kappa shape index (κ2) is 9.97. The molecule has 1 aromatic carbocycles. The monoisotopic (exact) mass is 438 g/mol. The van der Waals surface area contributed by atoms with Crippen LogP contribution < -0.4 is 5.73 Å². The van der Waals surface area contributed by atoms with Crippen molar-refractivity contribution in [3.05, 3.63) is 53.4 Å². The number of primary amides is 1. The smallest absolute Gasteiger partial charge is 0.292 e. The number of nitrogens with two attached hydrogens (primary N) is 1. The molecule has 8 nitrogen and oxygen atoms in total. The summed E-state index contributed by atoms with van der Waals surface area (Å²) in [4.78, 5) is 40.4. The lowest BCUT2D eigenvalue weighted by atomic mass is 9.93. The van der Waals surface area contributed by atoms with Gasteiger partial charge in [0.2, 0.25) is 17.6 Å². The number of aryl methyl sites for hydroxylation is 1. The largest absolute Gasteiger partial charge is 0.369 e. The highest BCUT2D eigenvalue weighted by molar-refractivity contribution is 5.92.